The molecule has 0 radical (unpaired) electrons. The number of rotatable bonds is 5. The molecule has 0 spiro atoms. The van der Waals surface area contributed by atoms with E-state index in [1.54, 1.807) is 0 Å². The summed E-state index contributed by atoms with van der Waals surface area (Å²) in [5, 5.41) is 3.31. The highest BCUT2D eigenvalue weighted by Gasteiger charge is 2.08. The topological polar surface area (TPSA) is 92.5 Å². The van der Waals surface area contributed by atoms with Crippen LogP contribution in [0.25, 0.3) is 0 Å². The van der Waals surface area contributed by atoms with Gasteiger partial charge in [0.05, 0.1) is 0 Å². The quantitative estimate of drug-likeness (QED) is 0.759. The Labute approximate surface area is 112 Å². The summed E-state index contributed by atoms with van der Waals surface area (Å²) in [6.07, 6.45) is 3.54. The second-order valence-corrected chi connectivity index (χ2v) is 4.54. The molecule has 2 aromatic heterocycles. The van der Waals surface area contributed by atoms with Crippen LogP contribution in [0.3, 0.4) is 0 Å². The Morgan fingerprint density at radius 3 is 2.74 bits per heavy atom. The van der Waals surface area contributed by atoms with E-state index in [1.807, 2.05) is 20.0 Å². The minimum atomic E-state index is 0.311. The first-order chi connectivity index (χ1) is 9.10. The van der Waals surface area contributed by atoms with Crippen LogP contribution >= 0.6 is 0 Å². The van der Waals surface area contributed by atoms with Crippen molar-refractivity contribution in [3.05, 3.63) is 29.0 Å². The van der Waals surface area contributed by atoms with Gasteiger partial charge in [0.15, 0.2) is 0 Å². The number of hydrogen-bond donors (Lipinski definition) is 3. The SMILES string of the molecule is CCc1c(C)nc(N)nc1NCCc1ncc(C)[nH]1. The number of nitrogens with one attached hydrogen (secondary N) is 2. The number of nitrogens with zero attached hydrogens (tertiary/aromatic N) is 3. The molecule has 6 nitrogen and oxygen atoms in total. The van der Waals surface area contributed by atoms with E-state index in [-0.39, 0.29) is 0 Å². The molecule has 0 bridgehead atoms. The molecular weight excluding hydrogens is 240 g/mol. The van der Waals surface area contributed by atoms with Crippen molar-refractivity contribution < 1.29 is 0 Å². The molecule has 2 heterocycles. The largest absolute Gasteiger partial charge is 0.369 e. The zero-order valence-electron chi connectivity index (χ0n) is 11.6. The normalized spacial score (nSPS) is 10.7. The van der Waals surface area contributed by atoms with Gasteiger partial charge in [-0.15, -0.1) is 0 Å². The fourth-order valence-electron chi connectivity index (χ4n) is 2.08. The van der Waals surface area contributed by atoms with Gasteiger partial charge in [-0.3, -0.25) is 0 Å². The third-order valence-corrected chi connectivity index (χ3v) is 2.99. The van der Waals surface area contributed by atoms with E-state index in [1.165, 1.54) is 0 Å². The van der Waals surface area contributed by atoms with Crippen LogP contribution in [-0.2, 0) is 12.8 Å². The molecule has 0 unspecified atom stereocenters. The van der Waals surface area contributed by atoms with Crippen LogP contribution in [0, 0.1) is 13.8 Å². The van der Waals surface area contributed by atoms with E-state index in [4.69, 9.17) is 5.73 Å². The van der Waals surface area contributed by atoms with E-state index < -0.39 is 0 Å². The van der Waals surface area contributed by atoms with E-state index >= 15 is 0 Å². The lowest BCUT2D eigenvalue weighted by Crippen LogP contribution is -2.12. The highest BCUT2D eigenvalue weighted by atomic mass is 15.1. The number of nitrogen functional groups attached to an aromatic ring is 1. The molecule has 102 valence electrons. The van der Waals surface area contributed by atoms with Gasteiger partial charge in [0, 0.05) is 36.1 Å². The van der Waals surface area contributed by atoms with Crippen molar-refractivity contribution in [2.24, 2.45) is 0 Å². The molecule has 0 amide bonds. The lowest BCUT2D eigenvalue weighted by atomic mass is 10.1. The highest BCUT2D eigenvalue weighted by Crippen LogP contribution is 2.17. The Bertz CT molecular complexity index is 560. The zero-order chi connectivity index (χ0) is 13.8. The molecule has 0 aromatic carbocycles. The van der Waals surface area contributed by atoms with Gasteiger partial charge in [0.1, 0.15) is 11.6 Å². The highest BCUT2D eigenvalue weighted by molar-refractivity contribution is 5.49. The maximum atomic E-state index is 5.69. The first-order valence-corrected chi connectivity index (χ1v) is 6.47. The summed E-state index contributed by atoms with van der Waals surface area (Å²) in [6.45, 7) is 6.80. The Morgan fingerprint density at radius 2 is 2.11 bits per heavy atom. The second-order valence-electron chi connectivity index (χ2n) is 4.54. The van der Waals surface area contributed by atoms with Gasteiger partial charge in [0.25, 0.3) is 0 Å². The number of anilines is 2. The van der Waals surface area contributed by atoms with Gasteiger partial charge in [-0.1, -0.05) is 6.92 Å². The van der Waals surface area contributed by atoms with Crippen molar-refractivity contribution in [3.63, 3.8) is 0 Å². The number of hydrogen-bond acceptors (Lipinski definition) is 5. The van der Waals surface area contributed by atoms with Gasteiger partial charge in [-0.25, -0.2) is 9.97 Å². The minimum Gasteiger partial charge on any atom is -0.369 e. The Hall–Kier alpha value is -2.11. The predicted octanol–water partition coefficient (Wildman–Crippen LogP) is 1.62. The molecule has 6 heteroatoms. The maximum Gasteiger partial charge on any atom is 0.222 e. The van der Waals surface area contributed by atoms with Crippen molar-refractivity contribution in [2.45, 2.75) is 33.6 Å². The molecule has 0 fully saturated rings. The third-order valence-electron chi connectivity index (χ3n) is 2.99. The minimum absolute atomic E-state index is 0.311. The standard InChI is InChI=1S/C13H20N6/c1-4-10-9(3)18-13(14)19-12(10)15-6-5-11-16-7-8(2)17-11/h7H,4-6H2,1-3H3,(H,16,17)(H3,14,15,18,19). The number of H-pyrrole nitrogens is 1. The van der Waals surface area contributed by atoms with E-state index in [2.05, 4.69) is 32.2 Å². The van der Waals surface area contributed by atoms with Crippen LogP contribution in [0.1, 0.15) is 29.7 Å². The van der Waals surface area contributed by atoms with Crippen molar-refractivity contribution in [2.75, 3.05) is 17.6 Å². The molecule has 0 aliphatic rings. The smallest absolute Gasteiger partial charge is 0.222 e. The Balaban J connectivity index is 2.02. The first kappa shape index (κ1) is 13.3. The van der Waals surface area contributed by atoms with Gasteiger partial charge in [-0.2, -0.15) is 4.98 Å². The summed E-state index contributed by atoms with van der Waals surface area (Å²) in [5.74, 6) is 2.11. The van der Waals surface area contributed by atoms with Gasteiger partial charge >= 0.3 is 0 Å². The number of imidazole rings is 1. The van der Waals surface area contributed by atoms with Crippen LogP contribution in [0.2, 0.25) is 0 Å². The number of nitrogens with two attached hydrogens (primary N) is 1. The van der Waals surface area contributed by atoms with Crippen LogP contribution in [0.4, 0.5) is 11.8 Å². The predicted molar refractivity (Wildman–Crippen MR) is 76.1 cm³/mol. The average Bonchev–Trinajstić information content (AvgIpc) is 2.74. The molecular formula is C13H20N6. The summed E-state index contributed by atoms with van der Waals surface area (Å²) in [7, 11) is 0. The Kier molecular flexibility index (Phi) is 3.99. The molecule has 2 rings (SSSR count). The summed E-state index contributed by atoms with van der Waals surface area (Å²) in [5.41, 5.74) is 8.82. The average molecular weight is 260 g/mol. The lowest BCUT2D eigenvalue weighted by molar-refractivity contribution is 0.906. The maximum absolute atomic E-state index is 5.69. The zero-order valence-corrected chi connectivity index (χ0v) is 11.6. The fourth-order valence-corrected chi connectivity index (χ4v) is 2.08. The van der Waals surface area contributed by atoms with Gasteiger partial charge < -0.3 is 16.0 Å². The second kappa shape index (κ2) is 5.69. The summed E-state index contributed by atoms with van der Waals surface area (Å²) < 4.78 is 0. The molecule has 0 aliphatic heterocycles. The Morgan fingerprint density at radius 1 is 1.32 bits per heavy atom. The molecule has 4 N–H and O–H groups in total. The van der Waals surface area contributed by atoms with Crippen molar-refractivity contribution in [1.29, 1.82) is 0 Å². The summed E-state index contributed by atoms with van der Waals surface area (Å²) in [6, 6.07) is 0. The molecule has 0 saturated carbocycles. The molecule has 0 atom stereocenters. The van der Waals surface area contributed by atoms with E-state index in [9.17, 15) is 0 Å². The molecule has 19 heavy (non-hydrogen) atoms. The molecule has 2 aromatic rings. The van der Waals surface area contributed by atoms with Crippen molar-refractivity contribution >= 4 is 11.8 Å². The van der Waals surface area contributed by atoms with E-state index in [0.29, 0.717) is 5.95 Å². The number of aryl methyl sites for hydroxylation is 2. The number of aromatic amines is 1. The summed E-state index contributed by atoms with van der Waals surface area (Å²) in [4.78, 5) is 15.9. The molecule has 0 saturated heterocycles. The third kappa shape index (κ3) is 3.21. The fraction of sp³-hybridized carbons (Fsp3) is 0.462. The van der Waals surface area contributed by atoms with E-state index in [0.717, 1.165) is 48.0 Å². The van der Waals surface area contributed by atoms with Crippen molar-refractivity contribution in [1.82, 2.24) is 19.9 Å². The molecule has 0 aliphatic carbocycles. The first-order valence-electron chi connectivity index (χ1n) is 6.47. The van der Waals surface area contributed by atoms with Gasteiger partial charge in [-0.05, 0) is 20.3 Å². The monoisotopic (exact) mass is 260 g/mol. The van der Waals surface area contributed by atoms with Crippen LogP contribution in [-0.4, -0.2) is 26.5 Å². The number of aromatic nitrogens is 4. The van der Waals surface area contributed by atoms with Gasteiger partial charge in [0.2, 0.25) is 5.95 Å². The van der Waals surface area contributed by atoms with Crippen molar-refractivity contribution in [3.8, 4) is 0 Å². The van der Waals surface area contributed by atoms with Crippen LogP contribution < -0.4 is 11.1 Å². The van der Waals surface area contributed by atoms with Crippen LogP contribution in [0.15, 0.2) is 6.20 Å². The lowest BCUT2D eigenvalue weighted by Gasteiger charge is -2.12. The summed E-state index contributed by atoms with van der Waals surface area (Å²) >= 11 is 0. The van der Waals surface area contributed by atoms with Crippen LogP contribution in [0.5, 0.6) is 0 Å².